The Balaban J connectivity index is 2.43. The maximum atomic E-state index is 12.9. The van der Waals surface area contributed by atoms with Gasteiger partial charge in [0.05, 0.1) is 10.6 Å². The first kappa shape index (κ1) is 20.0. The monoisotopic (exact) mass is 374 g/mol. The van der Waals surface area contributed by atoms with Crippen molar-refractivity contribution in [1.29, 1.82) is 0 Å². The van der Waals surface area contributed by atoms with Crippen molar-refractivity contribution < 1.29 is 13.2 Å². The zero-order valence-electron chi connectivity index (χ0n) is 15.9. The van der Waals surface area contributed by atoms with E-state index >= 15 is 0 Å². The number of sulfonamides is 1. The number of hydrogen-bond donors (Lipinski definition) is 2. The molecule has 140 valence electrons. The van der Waals surface area contributed by atoms with Gasteiger partial charge in [0.2, 0.25) is 0 Å². The molecule has 0 spiro atoms. The second-order valence-corrected chi connectivity index (χ2v) is 8.36. The molecule has 0 saturated carbocycles. The van der Waals surface area contributed by atoms with Crippen LogP contribution in [0.3, 0.4) is 0 Å². The van der Waals surface area contributed by atoms with E-state index in [0.29, 0.717) is 11.3 Å². The summed E-state index contributed by atoms with van der Waals surface area (Å²) in [4.78, 5) is 12.4. The van der Waals surface area contributed by atoms with Gasteiger partial charge in [0.25, 0.3) is 15.9 Å². The Morgan fingerprint density at radius 3 is 2.38 bits per heavy atom. The molecule has 0 heterocycles. The van der Waals surface area contributed by atoms with Gasteiger partial charge in [-0.05, 0) is 62.9 Å². The SMILES string of the molecule is CCc1cccc(C)c1NS(=O)(=O)c1ccc(C)c(C(=O)NC(C)C)c1. The van der Waals surface area contributed by atoms with Crippen molar-refractivity contribution in [3.05, 3.63) is 58.7 Å². The van der Waals surface area contributed by atoms with Crippen molar-refractivity contribution in [2.24, 2.45) is 0 Å². The fourth-order valence-corrected chi connectivity index (χ4v) is 3.91. The quantitative estimate of drug-likeness (QED) is 0.807. The standard InChI is InChI=1S/C20H26N2O3S/c1-6-16-9-7-8-15(5)19(16)22-26(24,25)17-11-10-14(4)18(12-17)20(23)21-13(2)3/h7-13,22H,6H2,1-5H3,(H,21,23). The normalized spacial score (nSPS) is 11.5. The molecule has 1 amide bonds. The summed E-state index contributed by atoms with van der Waals surface area (Å²) < 4.78 is 28.5. The van der Waals surface area contributed by atoms with Crippen LogP contribution in [0.4, 0.5) is 5.69 Å². The highest BCUT2D eigenvalue weighted by molar-refractivity contribution is 7.92. The van der Waals surface area contributed by atoms with E-state index < -0.39 is 10.0 Å². The van der Waals surface area contributed by atoms with E-state index in [-0.39, 0.29) is 16.8 Å². The van der Waals surface area contributed by atoms with Crippen molar-refractivity contribution in [2.75, 3.05) is 4.72 Å². The van der Waals surface area contributed by atoms with Crippen molar-refractivity contribution >= 4 is 21.6 Å². The van der Waals surface area contributed by atoms with Gasteiger partial charge in [0, 0.05) is 11.6 Å². The van der Waals surface area contributed by atoms with Crippen LogP contribution < -0.4 is 10.0 Å². The average molecular weight is 375 g/mol. The highest BCUT2D eigenvalue weighted by Gasteiger charge is 2.20. The van der Waals surface area contributed by atoms with Gasteiger partial charge in [-0.15, -0.1) is 0 Å². The summed E-state index contributed by atoms with van der Waals surface area (Å²) in [6, 6.07) is 10.3. The summed E-state index contributed by atoms with van der Waals surface area (Å²) in [6.07, 6.45) is 0.718. The fraction of sp³-hybridized carbons (Fsp3) is 0.350. The van der Waals surface area contributed by atoms with E-state index in [0.717, 1.165) is 23.1 Å². The molecule has 0 atom stereocenters. The highest BCUT2D eigenvalue weighted by atomic mass is 32.2. The smallest absolute Gasteiger partial charge is 0.261 e. The van der Waals surface area contributed by atoms with Gasteiger partial charge >= 0.3 is 0 Å². The van der Waals surface area contributed by atoms with Gasteiger partial charge in [-0.2, -0.15) is 0 Å². The number of benzene rings is 2. The molecule has 2 N–H and O–H groups in total. The average Bonchev–Trinajstić information content (AvgIpc) is 2.56. The predicted molar refractivity (Wildman–Crippen MR) is 105 cm³/mol. The van der Waals surface area contributed by atoms with Gasteiger partial charge in [0.15, 0.2) is 0 Å². The first-order valence-electron chi connectivity index (χ1n) is 8.68. The van der Waals surface area contributed by atoms with Crippen molar-refractivity contribution in [3.8, 4) is 0 Å². The van der Waals surface area contributed by atoms with Crippen LogP contribution in [-0.2, 0) is 16.4 Å². The van der Waals surface area contributed by atoms with E-state index in [1.54, 1.807) is 13.0 Å². The van der Waals surface area contributed by atoms with Crippen LogP contribution >= 0.6 is 0 Å². The number of para-hydroxylation sites is 1. The van der Waals surface area contributed by atoms with Gasteiger partial charge in [-0.25, -0.2) is 8.42 Å². The first-order valence-corrected chi connectivity index (χ1v) is 10.2. The largest absolute Gasteiger partial charge is 0.350 e. The zero-order chi connectivity index (χ0) is 19.5. The molecule has 0 aliphatic heterocycles. The lowest BCUT2D eigenvalue weighted by molar-refractivity contribution is 0.0942. The Hall–Kier alpha value is -2.34. The lowest BCUT2D eigenvalue weighted by Crippen LogP contribution is -2.30. The lowest BCUT2D eigenvalue weighted by atomic mass is 10.1. The Kier molecular flexibility index (Phi) is 6.08. The molecule has 6 heteroatoms. The summed E-state index contributed by atoms with van der Waals surface area (Å²) in [5, 5.41) is 2.80. The molecule has 2 aromatic carbocycles. The molecule has 0 fully saturated rings. The Morgan fingerprint density at radius 1 is 1.08 bits per heavy atom. The molecule has 0 aliphatic carbocycles. The molecule has 5 nitrogen and oxygen atoms in total. The summed E-state index contributed by atoms with van der Waals surface area (Å²) >= 11 is 0. The molecule has 0 aliphatic rings. The van der Waals surface area contributed by atoms with Crippen molar-refractivity contribution in [1.82, 2.24) is 5.32 Å². The first-order chi connectivity index (χ1) is 12.2. The highest BCUT2D eigenvalue weighted by Crippen LogP contribution is 2.25. The number of rotatable bonds is 6. The minimum atomic E-state index is -3.80. The van der Waals surface area contributed by atoms with Gasteiger partial charge < -0.3 is 5.32 Å². The predicted octanol–water partition coefficient (Wildman–Crippen LogP) is 3.80. The molecule has 2 rings (SSSR count). The third-order valence-corrected chi connectivity index (χ3v) is 5.51. The molecule has 26 heavy (non-hydrogen) atoms. The molecule has 0 bridgehead atoms. The molecule has 0 aromatic heterocycles. The van der Waals surface area contributed by atoms with Gasteiger partial charge in [-0.1, -0.05) is 31.2 Å². The third-order valence-electron chi connectivity index (χ3n) is 4.16. The van der Waals surface area contributed by atoms with Crippen LogP contribution in [0.2, 0.25) is 0 Å². The maximum absolute atomic E-state index is 12.9. The minimum Gasteiger partial charge on any atom is -0.350 e. The Bertz CT molecular complexity index is 919. The van der Waals surface area contributed by atoms with Crippen LogP contribution in [-0.4, -0.2) is 20.4 Å². The topological polar surface area (TPSA) is 75.3 Å². The van der Waals surface area contributed by atoms with Crippen molar-refractivity contribution in [3.63, 3.8) is 0 Å². The third kappa shape index (κ3) is 4.43. The number of hydrogen-bond acceptors (Lipinski definition) is 3. The molecule has 0 radical (unpaired) electrons. The van der Waals surface area contributed by atoms with E-state index in [1.807, 2.05) is 45.9 Å². The summed E-state index contributed by atoms with van der Waals surface area (Å²) in [5.41, 5.74) is 3.48. The lowest BCUT2D eigenvalue weighted by Gasteiger charge is -2.16. The van der Waals surface area contributed by atoms with E-state index in [2.05, 4.69) is 10.0 Å². The zero-order valence-corrected chi connectivity index (χ0v) is 16.7. The number of carbonyl (C=O) groups is 1. The fourth-order valence-electron chi connectivity index (χ4n) is 2.72. The molecule has 0 saturated heterocycles. The molecular formula is C20H26N2O3S. The molecule has 0 unspecified atom stereocenters. The van der Waals surface area contributed by atoms with Gasteiger partial charge in [-0.3, -0.25) is 9.52 Å². The Morgan fingerprint density at radius 2 is 1.77 bits per heavy atom. The molecular weight excluding hydrogens is 348 g/mol. The second kappa shape index (κ2) is 7.91. The van der Waals surface area contributed by atoms with Gasteiger partial charge in [0.1, 0.15) is 0 Å². The van der Waals surface area contributed by atoms with Crippen LogP contribution in [0.15, 0.2) is 41.3 Å². The summed E-state index contributed by atoms with van der Waals surface area (Å²) in [5.74, 6) is -0.278. The minimum absolute atomic E-state index is 0.0284. The number of anilines is 1. The number of amides is 1. The summed E-state index contributed by atoms with van der Waals surface area (Å²) in [7, 11) is -3.80. The molecule has 2 aromatic rings. The van der Waals surface area contributed by atoms with E-state index in [9.17, 15) is 13.2 Å². The van der Waals surface area contributed by atoms with Crippen LogP contribution in [0.5, 0.6) is 0 Å². The second-order valence-electron chi connectivity index (χ2n) is 6.67. The number of nitrogens with one attached hydrogen (secondary N) is 2. The Labute approximate surface area is 155 Å². The number of aryl methyl sites for hydroxylation is 3. The van der Waals surface area contributed by atoms with E-state index in [1.165, 1.54) is 12.1 Å². The van der Waals surface area contributed by atoms with Crippen LogP contribution in [0.1, 0.15) is 47.8 Å². The van der Waals surface area contributed by atoms with Crippen molar-refractivity contribution in [2.45, 2.75) is 52.0 Å². The maximum Gasteiger partial charge on any atom is 0.261 e. The number of carbonyl (C=O) groups excluding carboxylic acids is 1. The van der Waals surface area contributed by atoms with E-state index in [4.69, 9.17) is 0 Å². The summed E-state index contributed by atoms with van der Waals surface area (Å²) in [6.45, 7) is 9.36. The van der Waals surface area contributed by atoms with Crippen LogP contribution in [0.25, 0.3) is 0 Å². The van der Waals surface area contributed by atoms with Crippen LogP contribution in [0, 0.1) is 13.8 Å².